The Hall–Kier alpha value is -1.65. The summed E-state index contributed by atoms with van der Waals surface area (Å²) in [6.45, 7) is 1.70. The van der Waals surface area contributed by atoms with E-state index in [0.29, 0.717) is 5.56 Å². The van der Waals surface area contributed by atoms with Gasteiger partial charge in [-0.05, 0) is 41.6 Å². The molecular weight excluding hydrogens is 236 g/mol. The summed E-state index contributed by atoms with van der Waals surface area (Å²) in [5.74, 6) is -0.973. The van der Waals surface area contributed by atoms with Crippen LogP contribution in [0.25, 0.3) is 10.4 Å². The van der Waals surface area contributed by atoms with Crippen LogP contribution in [0.5, 0.6) is 0 Å². The summed E-state index contributed by atoms with van der Waals surface area (Å²) in [6.07, 6.45) is 0. The fourth-order valence-corrected chi connectivity index (χ4v) is 3.36. The first-order valence-electron chi connectivity index (χ1n) is 5.20. The molecule has 4 heteroatoms. The van der Waals surface area contributed by atoms with Crippen LogP contribution in [0.2, 0.25) is 0 Å². The van der Waals surface area contributed by atoms with E-state index in [1.54, 1.807) is 36.5 Å². The molecule has 1 aromatic carbocycles. The second-order valence-electron chi connectivity index (χ2n) is 4.30. The van der Waals surface area contributed by atoms with Gasteiger partial charge in [-0.15, -0.1) is 11.3 Å². The van der Waals surface area contributed by atoms with E-state index in [1.807, 2.05) is 11.4 Å². The molecule has 0 fully saturated rings. The fourth-order valence-electron chi connectivity index (χ4n) is 2.32. The molecule has 0 aliphatic heterocycles. The third kappa shape index (κ3) is 1.28. The SMILES string of the molecule is C[C@]1(O)c2cc(C(=O)O)ccc2-c2sccc21. The highest BCUT2D eigenvalue weighted by Gasteiger charge is 2.38. The Morgan fingerprint density at radius 3 is 2.76 bits per heavy atom. The Morgan fingerprint density at radius 2 is 2.06 bits per heavy atom. The number of benzene rings is 1. The van der Waals surface area contributed by atoms with Gasteiger partial charge in [-0.1, -0.05) is 6.07 Å². The van der Waals surface area contributed by atoms with Gasteiger partial charge >= 0.3 is 5.97 Å². The molecule has 86 valence electrons. The van der Waals surface area contributed by atoms with Gasteiger partial charge < -0.3 is 10.2 Å². The molecule has 1 heterocycles. The van der Waals surface area contributed by atoms with Crippen LogP contribution in [-0.4, -0.2) is 16.2 Å². The maximum Gasteiger partial charge on any atom is 0.335 e. The van der Waals surface area contributed by atoms with Crippen LogP contribution in [0.3, 0.4) is 0 Å². The van der Waals surface area contributed by atoms with Crippen LogP contribution in [0.1, 0.15) is 28.4 Å². The number of hydrogen-bond acceptors (Lipinski definition) is 3. The van der Waals surface area contributed by atoms with Crippen molar-refractivity contribution >= 4 is 17.3 Å². The minimum absolute atomic E-state index is 0.208. The number of fused-ring (bicyclic) bond motifs is 3. The summed E-state index contributed by atoms with van der Waals surface area (Å²) >= 11 is 1.56. The Balaban J connectivity index is 2.30. The van der Waals surface area contributed by atoms with Gasteiger partial charge in [0.05, 0.1) is 5.56 Å². The number of carboxylic acids is 1. The number of rotatable bonds is 1. The lowest BCUT2D eigenvalue weighted by molar-refractivity contribution is 0.0696. The van der Waals surface area contributed by atoms with Crippen molar-refractivity contribution in [2.45, 2.75) is 12.5 Å². The summed E-state index contributed by atoms with van der Waals surface area (Å²) in [4.78, 5) is 12.0. The summed E-state index contributed by atoms with van der Waals surface area (Å²) in [7, 11) is 0. The van der Waals surface area contributed by atoms with Crippen LogP contribution in [0, 0.1) is 0 Å². The van der Waals surface area contributed by atoms with Gasteiger partial charge in [0.1, 0.15) is 5.60 Å². The highest BCUT2D eigenvalue weighted by Crippen LogP contribution is 2.49. The molecule has 1 atom stereocenters. The average molecular weight is 246 g/mol. The Morgan fingerprint density at radius 1 is 1.29 bits per heavy atom. The van der Waals surface area contributed by atoms with Crippen molar-refractivity contribution in [3.05, 3.63) is 46.3 Å². The number of aliphatic hydroxyl groups is 1. The summed E-state index contributed by atoms with van der Waals surface area (Å²) < 4.78 is 0. The Bertz CT molecular complexity index is 625. The molecule has 0 bridgehead atoms. The fraction of sp³-hybridized carbons (Fsp3) is 0.154. The van der Waals surface area contributed by atoms with Crippen molar-refractivity contribution in [2.75, 3.05) is 0 Å². The first kappa shape index (κ1) is 10.5. The van der Waals surface area contributed by atoms with E-state index < -0.39 is 11.6 Å². The minimum atomic E-state index is -1.09. The monoisotopic (exact) mass is 246 g/mol. The van der Waals surface area contributed by atoms with Crippen molar-refractivity contribution in [3.8, 4) is 10.4 Å². The minimum Gasteiger partial charge on any atom is -0.478 e. The van der Waals surface area contributed by atoms with Crippen molar-refractivity contribution in [1.29, 1.82) is 0 Å². The maximum atomic E-state index is 10.9. The van der Waals surface area contributed by atoms with E-state index in [-0.39, 0.29) is 5.56 Å². The van der Waals surface area contributed by atoms with Crippen LogP contribution >= 0.6 is 11.3 Å². The van der Waals surface area contributed by atoms with Crippen molar-refractivity contribution < 1.29 is 15.0 Å². The molecule has 1 aliphatic rings. The molecule has 0 unspecified atom stereocenters. The Kier molecular flexibility index (Phi) is 1.97. The molecule has 2 aromatic rings. The molecule has 3 rings (SSSR count). The molecular formula is C13H10O3S. The van der Waals surface area contributed by atoms with E-state index in [4.69, 9.17) is 5.11 Å². The number of hydrogen-bond donors (Lipinski definition) is 2. The maximum absolute atomic E-state index is 10.9. The second-order valence-corrected chi connectivity index (χ2v) is 5.22. The van der Waals surface area contributed by atoms with Crippen LogP contribution in [-0.2, 0) is 5.60 Å². The number of aromatic carboxylic acids is 1. The molecule has 0 radical (unpaired) electrons. The van der Waals surface area contributed by atoms with Gasteiger partial charge in [-0.3, -0.25) is 0 Å². The van der Waals surface area contributed by atoms with E-state index in [9.17, 15) is 9.90 Å². The molecule has 0 saturated heterocycles. The quantitative estimate of drug-likeness (QED) is 0.813. The van der Waals surface area contributed by atoms with Crippen LogP contribution in [0.15, 0.2) is 29.6 Å². The highest BCUT2D eigenvalue weighted by atomic mass is 32.1. The number of thiophene rings is 1. The van der Waals surface area contributed by atoms with Crippen LogP contribution < -0.4 is 0 Å². The van der Waals surface area contributed by atoms with Crippen molar-refractivity contribution in [2.24, 2.45) is 0 Å². The van der Waals surface area contributed by atoms with Gasteiger partial charge in [-0.2, -0.15) is 0 Å². The molecule has 1 aliphatic carbocycles. The molecule has 0 amide bonds. The standard InChI is InChI=1S/C13H10O3S/c1-13(16)9-4-5-17-11(9)8-3-2-7(12(14)15)6-10(8)13/h2-6,16H,1H3,(H,14,15)/t13-/m1/s1. The Labute approximate surface area is 102 Å². The average Bonchev–Trinajstić information content (AvgIpc) is 2.83. The molecule has 0 saturated carbocycles. The smallest absolute Gasteiger partial charge is 0.335 e. The molecule has 2 N–H and O–H groups in total. The summed E-state index contributed by atoms with van der Waals surface area (Å²) in [5, 5.41) is 21.4. The first-order chi connectivity index (χ1) is 8.01. The van der Waals surface area contributed by atoms with Gasteiger partial charge in [0, 0.05) is 10.4 Å². The van der Waals surface area contributed by atoms with E-state index in [0.717, 1.165) is 16.0 Å². The van der Waals surface area contributed by atoms with Gasteiger partial charge in [0.2, 0.25) is 0 Å². The van der Waals surface area contributed by atoms with E-state index >= 15 is 0 Å². The third-order valence-electron chi connectivity index (χ3n) is 3.23. The van der Waals surface area contributed by atoms with Crippen LogP contribution in [0.4, 0.5) is 0 Å². The second kappa shape index (κ2) is 3.18. The lowest BCUT2D eigenvalue weighted by Gasteiger charge is -2.19. The predicted molar refractivity (Wildman–Crippen MR) is 65.4 cm³/mol. The lowest BCUT2D eigenvalue weighted by Crippen LogP contribution is -2.19. The molecule has 3 nitrogen and oxygen atoms in total. The predicted octanol–water partition coefficient (Wildman–Crippen LogP) is 2.68. The normalized spacial score (nSPS) is 21.1. The topological polar surface area (TPSA) is 57.5 Å². The van der Waals surface area contributed by atoms with Crippen molar-refractivity contribution in [3.63, 3.8) is 0 Å². The van der Waals surface area contributed by atoms with Crippen molar-refractivity contribution in [1.82, 2.24) is 0 Å². The first-order valence-corrected chi connectivity index (χ1v) is 6.08. The zero-order valence-electron chi connectivity index (χ0n) is 9.10. The third-order valence-corrected chi connectivity index (χ3v) is 4.17. The molecule has 0 spiro atoms. The summed E-state index contributed by atoms with van der Waals surface area (Å²) in [5.41, 5.74) is 1.60. The molecule has 17 heavy (non-hydrogen) atoms. The zero-order valence-corrected chi connectivity index (χ0v) is 9.91. The zero-order chi connectivity index (χ0) is 12.2. The molecule has 1 aromatic heterocycles. The highest BCUT2D eigenvalue weighted by molar-refractivity contribution is 7.13. The van der Waals surface area contributed by atoms with Gasteiger partial charge in [0.15, 0.2) is 0 Å². The van der Waals surface area contributed by atoms with E-state index in [2.05, 4.69) is 0 Å². The number of carbonyl (C=O) groups is 1. The summed E-state index contributed by atoms with van der Waals surface area (Å²) in [6, 6.07) is 6.80. The lowest BCUT2D eigenvalue weighted by atomic mass is 9.93. The van der Waals surface area contributed by atoms with Gasteiger partial charge in [0.25, 0.3) is 0 Å². The van der Waals surface area contributed by atoms with E-state index in [1.165, 1.54) is 0 Å². The largest absolute Gasteiger partial charge is 0.478 e. The van der Waals surface area contributed by atoms with Gasteiger partial charge in [-0.25, -0.2) is 4.79 Å². The number of carboxylic acid groups (broad SMARTS) is 1.